The van der Waals surface area contributed by atoms with E-state index in [1.54, 1.807) is 13.0 Å². The van der Waals surface area contributed by atoms with Gasteiger partial charge in [0.15, 0.2) is 0 Å². The van der Waals surface area contributed by atoms with Crippen LogP contribution in [0.5, 0.6) is 0 Å². The van der Waals surface area contributed by atoms with Gasteiger partial charge in [0.2, 0.25) is 0 Å². The number of aliphatic hydroxyl groups is 3. The highest BCUT2D eigenvalue weighted by atomic mass is 16.4. The van der Waals surface area contributed by atoms with Crippen molar-refractivity contribution in [1.29, 1.82) is 0 Å². The maximum atomic E-state index is 12.0. The number of carbonyl (C=O) groups is 1. The number of aliphatic hydroxyl groups excluding tert-OH is 2. The molecule has 25 heavy (non-hydrogen) atoms. The fourth-order valence-electron chi connectivity index (χ4n) is 6.56. The molecule has 0 radical (unpaired) electrons. The van der Waals surface area contributed by atoms with Crippen molar-refractivity contribution in [2.45, 2.75) is 77.1 Å². The van der Waals surface area contributed by atoms with Gasteiger partial charge < -0.3 is 20.4 Å². The minimum atomic E-state index is -1.62. The van der Waals surface area contributed by atoms with E-state index in [0.717, 1.165) is 12.8 Å². The first-order chi connectivity index (χ1) is 11.5. The van der Waals surface area contributed by atoms with E-state index < -0.39 is 40.0 Å². The molecule has 0 aromatic carbocycles. The normalized spacial score (nSPS) is 55.8. The second kappa shape index (κ2) is 5.54. The van der Waals surface area contributed by atoms with E-state index >= 15 is 0 Å². The summed E-state index contributed by atoms with van der Waals surface area (Å²) in [5.74, 6) is -1.36. The molecule has 3 rings (SSSR count). The van der Waals surface area contributed by atoms with Gasteiger partial charge in [-0.25, -0.2) is 0 Å². The van der Waals surface area contributed by atoms with E-state index in [1.807, 2.05) is 6.92 Å². The van der Waals surface area contributed by atoms with E-state index in [4.69, 9.17) is 0 Å². The Balaban J connectivity index is 2.09. The Hall–Kier alpha value is -0.910. The Morgan fingerprint density at radius 3 is 2.32 bits per heavy atom. The predicted octanol–water partition coefficient (Wildman–Crippen LogP) is 2.34. The van der Waals surface area contributed by atoms with Crippen LogP contribution in [0.1, 0.15) is 59.3 Å². The van der Waals surface area contributed by atoms with Crippen LogP contribution in [0, 0.1) is 28.1 Å². The molecular formula is C20H32O5. The number of hydrogen-bond acceptors (Lipinski definition) is 4. The lowest BCUT2D eigenvalue weighted by molar-refractivity contribution is -0.291. The smallest absolute Gasteiger partial charge is 0.309 e. The molecule has 0 heterocycles. The molecule has 3 aliphatic rings. The third-order valence-corrected chi connectivity index (χ3v) is 8.31. The standard InChI is InChI=1S/C20H32O5/c1-5-17(2)10-7-12-18(3)8-6-9-19(4,16(23)24)13(18)11-14(21)20(12,25)15(17)22/h5,12-15,21-22,25H,1,6-11H2,2-4H3,(H,23,24)/t12-,13-,14+,15-,17+,18-,19-,20-/m1/s1. The lowest BCUT2D eigenvalue weighted by atomic mass is 9.40. The van der Waals surface area contributed by atoms with Crippen molar-refractivity contribution in [3.05, 3.63) is 12.7 Å². The molecular weight excluding hydrogens is 320 g/mol. The zero-order valence-corrected chi connectivity index (χ0v) is 15.5. The summed E-state index contributed by atoms with van der Waals surface area (Å²) in [6, 6.07) is 0. The van der Waals surface area contributed by atoms with Crippen molar-refractivity contribution in [2.75, 3.05) is 0 Å². The van der Waals surface area contributed by atoms with Crippen LogP contribution < -0.4 is 0 Å². The molecule has 0 aliphatic heterocycles. The average molecular weight is 352 g/mol. The van der Waals surface area contributed by atoms with Gasteiger partial charge in [0.05, 0.1) is 17.6 Å². The van der Waals surface area contributed by atoms with Gasteiger partial charge in [0.25, 0.3) is 0 Å². The van der Waals surface area contributed by atoms with E-state index in [-0.39, 0.29) is 18.3 Å². The Morgan fingerprint density at radius 2 is 1.76 bits per heavy atom. The lowest BCUT2D eigenvalue weighted by Crippen LogP contribution is -2.73. The third-order valence-electron chi connectivity index (χ3n) is 8.31. The van der Waals surface area contributed by atoms with E-state index in [1.165, 1.54) is 0 Å². The maximum absolute atomic E-state index is 12.0. The molecule has 0 aromatic rings. The van der Waals surface area contributed by atoms with Crippen LogP contribution >= 0.6 is 0 Å². The number of fused-ring (bicyclic) bond motifs is 3. The molecule has 0 spiro atoms. The van der Waals surface area contributed by atoms with Crippen LogP contribution in [0.15, 0.2) is 12.7 Å². The van der Waals surface area contributed by atoms with Gasteiger partial charge in [-0.05, 0) is 56.3 Å². The van der Waals surface area contributed by atoms with Crippen molar-refractivity contribution < 1.29 is 25.2 Å². The first-order valence-electron chi connectivity index (χ1n) is 9.42. The molecule has 3 aliphatic carbocycles. The first kappa shape index (κ1) is 18.9. The summed E-state index contributed by atoms with van der Waals surface area (Å²) in [7, 11) is 0. The van der Waals surface area contributed by atoms with Gasteiger partial charge in [0, 0.05) is 5.41 Å². The molecule has 8 atom stereocenters. The summed E-state index contributed by atoms with van der Waals surface area (Å²) in [6.07, 6.45) is 3.15. The van der Waals surface area contributed by atoms with Crippen molar-refractivity contribution in [3.8, 4) is 0 Å². The second-order valence-electron chi connectivity index (χ2n) is 9.48. The van der Waals surface area contributed by atoms with Crippen molar-refractivity contribution >= 4 is 5.97 Å². The van der Waals surface area contributed by atoms with E-state index in [2.05, 4.69) is 13.5 Å². The number of hydrogen-bond donors (Lipinski definition) is 4. The molecule has 3 saturated carbocycles. The zero-order valence-electron chi connectivity index (χ0n) is 15.5. The first-order valence-corrected chi connectivity index (χ1v) is 9.42. The molecule has 0 saturated heterocycles. The van der Waals surface area contributed by atoms with Gasteiger partial charge in [-0.3, -0.25) is 4.79 Å². The fraction of sp³-hybridized carbons (Fsp3) is 0.850. The van der Waals surface area contributed by atoms with Crippen LogP contribution in [0.3, 0.4) is 0 Å². The summed E-state index contributed by atoms with van der Waals surface area (Å²) in [6.45, 7) is 9.52. The Labute approximate surface area is 149 Å². The van der Waals surface area contributed by atoms with Gasteiger partial charge in [0.1, 0.15) is 5.60 Å². The Bertz CT molecular complexity index is 591. The predicted molar refractivity (Wildman–Crippen MR) is 93.8 cm³/mol. The number of rotatable bonds is 2. The summed E-state index contributed by atoms with van der Waals surface area (Å²) in [4.78, 5) is 12.0. The summed E-state index contributed by atoms with van der Waals surface area (Å²) >= 11 is 0. The van der Waals surface area contributed by atoms with Crippen molar-refractivity contribution in [2.24, 2.45) is 28.1 Å². The second-order valence-corrected chi connectivity index (χ2v) is 9.48. The molecule has 142 valence electrons. The Kier molecular flexibility index (Phi) is 4.18. The highest BCUT2D eigenvalue weighted by Gasteiger charge is 2.69. The van der Waals surface area contributed by atoms with Crippen molar-refractivity contribution in [1.82, 2.24) is 0 Å². The number of carboxylic acid groups (broad SMARTS) is 1. The highest BCUT2D eigenvalue weighted by molar-refractivity contribution is 5.75. The molecule has 0 unspecified atom stereocenters. The molecule has 5 nitrogen and oxygen atoms in total. The minimum Gasteiger partial charge on any atom is -0.481 e. The average Bonchev–Trinajstić information content (AvgIpc) is 2.55. The van der Waals surface area contributed by atoms with Crippen LogP contribution in [-0.4, -0.2) is 44.2 Å². The molecule has 4 N–H and O–H groups in total. The maximum Gasteiger partial charge on any atom is 0.309 e. The molecule has 5 heteroatoms. The summed E-state index contributed by atoms with van der Waals surface area (Å²) in [5.41, 5.74) is -3.59. The number of aliphatic carboxylic acids is 1. The van der Waals surface area contributed by atoms with Gasteiger partial charge >= 0.3 is 5.97 Å². The zero-order chi connectivity index (χ0) is 18.8. The topological polar surface area (TPSA) is 98.0 Å². The molecule has 0 aromatic heterocycles. The monoisotopic (exact) mass is 352 g/mol. The summed E-state index contributed by atoms with van der Waals surface area (Å²) in [5, 5.41) is 43.3. The molecule has 3 fully saturated rings. The molecule has 0 bridgehead atoms. The largest absolute Gasteiger partial charge is 0.481 e. The van der Waals surface area contributed by atoms with Gasteiger partial charge in [-0.1, -0.05) is 26.3 Å². The fourth-order valence-corrected chi connectivity index (χ4v) is 6.56. The van der Waals surface area contributed by atoms with Crippen molar-refractivity contribution in [3.63, 3.8) is 0 Å². The van der Waals surface area contributed by atoms with Crippen LogP contribution in [-0.2, 0) is 4.79 Å². The lowest BCUT2D eigenvalue weighted by Gasteiger charge is -2.66. The third kappa shape index (κ3) is 2.22. The SMILES string of the molecule is C=C[C@@]1(C)CC[C@@H]2[C@@]3(C)CCC[C@@](C)(C(=O)O)[C@@H]3C[C@H](O)[C@@]2(O)[C@@H]1O. The van der Waals surface area contributed by atoms with Crippen LogP contribution in [0.4, 0.5) is 0 Å². The molecule has 0 amide bonds. The van der Waals surface area contributed by atoms with E-state index in [9.17, 15) is 25.2 Å². The van der Waals surface area contributed by atoms with E-state index in [0.29, 0.717) is 19.3 Å². The quantitative estimate of drug-likeness (QED) is 0.572. The van der Waals surface area contributed by atoms with Crippen LogP contribution in [0.2, 0.25) is 0 Å². The number of carboxylic acids is 1. The highest BCUT2D eigenvalue weighted by Crippen LogP contribution is 2.66. The van der Waals surface area contributed by atoms with Gasteiger partial charge in [-0.15, -0.1) is 6.58 Å². The van der Waals surface area contributed by atoms with Gasteiger partial charge in [-0.2, -0.15) is 0 Å². The minimum absolute atomic E-state index is 0.205. The Morgan fingerprint density at radius 1 is 1.12 bits per heavy atom. The van der Waals surface area contributed by atoms with Crippen LogP contribution in [0.25, 0.3) is 0 Å². The summed E-state index contributed by atoms with van der Waals surface area (Å²) < 4.78 is 0.